The molecule has 11 nitrogen and oxygen atoms in total. The van der Waals surface area contributed by atoms with Gasteiger partial charge in [-0.05, 0) is 44.2 Å². The Bertz CT molecular complexity index is 1230. The van der Waals surface area contributed by atoms with Gasteiger partial charge in [0, 0.05) is 88.0 Å². The van der Waals surface area contributed by atoms with Gasteiger partial charge >= 0.3 is 0 Å². The van der Waals surface area contributed by atoms with E-state index in [1.54, 1.807) is 0 Å². The number of nitrogens with zero attached hydrogens (tertiary/aromatic N) is 5. The van der Waals surface area contributed by atoms with Crippen molar-refractivity contribution in [2.24, 2.45) is 5.41 Å². The fourth-order valence-corrected chi connectivity index (χ4v) is 6.59. The number of aromatic nitrogens is 2. The molecule has 0 spiro atoms. The standard InChI is InChI=1S/C33H55N7O4/c1-24(2)36-28(41)13-19-43-21-22-44-20-15-34-25-10-16-39(17-11-25)29(42)12-18-40-27-23-37(6)38(7)31(33(3,4)5)30(27)26-9-8-14-35-32(26)40/h8-9,14,24-25,31,34H,10-13,15-23H2,1-7H3,(H,36,41). The summed E-state index contributed by atoms with van der Waals surface area (Å²) in [5.74, 6) is 0.229. The van der Waals surface area contributed by atoms with Crippen molar-refractivity contribution in [1.82, 2.24) is 35.1 Å². The number of hydrogen-bond acceptors (Lipinski definition) is 8. The summed E-state index contributed by atoms with van der Waals surface area (Å²) in [5.41, 5.74) is 3.64. The molecule has 0 aliphatic carbocycles. The van der Waals surface area contributed by atoms with Gasteiger partial charge in [-0.25, -0.2) is 15.0 Å². The van der Waals surface area contributed by atoms with E-state index in [1.807, 2.05) is 31.0 Å². The van der Waals surface area contributed by atoms with Crippen molar-refractivity contribution in [2.75, 3.05) is 60.2 Å². The number of aryl methyl sites for hydroxylation is 1. The monoisotopic (exact) mass is 613 g/mol. The number of fused-ring (bicyclic) bond motifs is 3. The minimum atomic E-state index is 0.0127. The predicted octanol–water partition coefficient (Wildman–Crippen LogP) is 3.33. The van der Waals surface area contributed by atoms with Crippen LogP contribution < -0.4 is 10.6 Å². The summed E-state index contributed by atoms with van der Waals surface area (Å²) >= 11 is 0. The molecule has 2 amide bonds. The van der Waals surface area contributed by atoms with Crippen molar-refractivity contribution >= 4 is 22.8 Å². The molecule has 0 bridgehead atoms. The number of hydrazine groups is 1. The zero-order chi connectivity index (χ0) is 31.9. The third-order valence-electron chi connectivity index (χ3n) is 8.73. The summed E-state index contributed by atoms with van der Waals surface area (Å²) in [7, 11) is 4.31. The number of carbonyl (C=O) groups excluding carboxylic acids is 2. The number of piperidine rings is 1. The number of hydrogen-bond donors (Lipinski definition) is 2. The van der Waals surface area contributed by atoms with E-state index in [4.69, 9.17) is 14.5 Å². The average Bonchev–Trinajstić information content (AvgIpc) is 3.27. The summed E-state index contributed by atoms with van der Waals surface area (Å²) in [6, 6.07) is 4.97. The topological polar surface area (TPSA) is 104 Å². The van der Waals surface area contributed by atoms with Crippen LogP contribution in [0.5, 0.6) is 0 Å². The Hall–Kier alpha value is -2.57. The largest absolute Gasteiger partial charge is 0.379 e. The molecule has 4 heterocycles. The van der Waals surface area contributed by atoms with Crippen LogP contribution >= 0.6 is 0 Å². The second kappa shape index (κ2) is 15.6. The molecule has 1 fully saturated rings. The molecule has 2 aliphatic heterocycles. The minimum absolute atomic E-state index is 0.0127. The van der Waals surface area contributed by atoms with Crippen LogP contribution in [0, 0.1) is 5.41 Å². The number of amides is 2. The number of nitrogens with one attached hydrogen (secondary N) is 2. The molecule has 11 heteroatoms. The molecule has 2 aliphatic rings. The zero-order valence-electron chi connectivity index (χ0n) is 28.0. The number of carbonyl (C=O) groups is 2. The molecule has 0 radical (unpaired) electrons. The van der Waals surface area contributed by atoms with Crippen LogP contribution in [0.3, 0.4) is 0 Å². The summed E-state index contributed by atoms with van der Waals surface area (Å²) in [5, 5.41) is 12.3. The molecule has 1 unspecified atom stereocenters. The van der Waals surface area contributed by atoms with Crippen molar-refractivity contribution in [3.8, 4) is 0 Å². The van der Waals surface area contributed by atoms with Gasteiger partial charge in [0.15, 0.2) is 0 Å². The molecule has 4 rings (SSSR count). The van der Waals surface area contributed by atoms with Crippen molar-refractivity contribution in [1.29, 1.82) is 0 Å². The lowest BCUT2D eigenvalue weighted by Gasteiger charge is -2.46. The van der Waals surface area contributed by atoms with Gasteiger partial charge in [-0.1, -0.05) is 20.8 Å². The minimum Gasteiger partial charge on any atom is -0.379 e. The van der Waals surface area contributed by atoms with Crippen LogP contribution in [-0.4, -0.2) is 109 Å². The normalized spacial score (nSPS) is 18.7. The maximum Gasteiger partial charge on any atom is 0.224 e. The number of likely N-dealkylation sites (tertiary alicyclic amines) is 1. The maximum atomic E-state index is 13.3. The van der Waals surface area contributed by atoms with Crippen LogP contribution in [0.4, 0.5) is 0 Å². The Labute approximate surface area is 263 Å². The van der Waals surface area contributed by atoms with E-state index < -0.39 is 0 Å². The molecule has 246 valence electrons. The average molecular weight is 614 g/mol. The third-order valence-corrected chi connectivity index (χ3v) is 8.73. The van der Waals surface area contributed by atoms with E-state index in [2.05, 4.69) is 66.2 Å². The quantitative estimate of drug-likeness (QED) is 0.313. The van der Waals surface area contributed by atoms with Crippen molar-refractivity contribution in [3.63, 3.8) is 0 Å². The van der Waals surface area contributed by atoms with E-state index in [1.165, 1.54) is 16.6 Å². The predicted molar refractivity (Wildman–Crippen MR) is 173 cm³/mol. The molecule has 0 saturated carbocycles. The Kier molecular flexibility index (Phi) is 12.2. The Balaban J connectivity index is 1.19. The fourth-order valence-electron chi connectivity index (χ4n) is 6.59. The molecule has 2 N–H and O–H groups in total. The van der Waals surface area contributed by atoms with E-state index in [0.717, 1.165) is 44.7 Å². The first-order valence-electron chi connectivity index (χ1n) is 16.3. The van der Waals surface area contributed by atoms with Gasteiger partial charge in [0.1, 0.15) is 5.65 Å². The Morgan fingerprint density at radius 1 is 1.05 bits per heavy atom. The van der Waals surface area contributed by atoms with Crippen LogP contribution in [0.25, 0.3) is 11.0 Å². The van der Waals surface area contributed by atoms with Crippen LogP contribution in [-0.2, 0) is 32.2 Å². The fraction of sp³-hybridized carbons (Fsp3) is 0.727. The molecule has 1 saturated heterocycles. The third kappa shape index (κ3) is 8.78. The highest BCUT2D eigenvalue weighted by Crippen LogP contribution is 2.46. The molecular weight excluding hydrogens is 558 g/mol. The van der Waals surface area contributed by atoms with Gasteiger partial charge in [0.05, 0.1) is 39.0 Å². The van der Waals surface area contributed by atoms with Gasteiger partial charge < -0.3 is 29.6 Å². The SMILES string of the molecule is CC(C)NC(=O)CCOCCOCCNC1CCN(C(=O)CCn2c3c(c4cccnc42)C(C(C)(C)C)N(C)N(C)C3)CC1. The van der Waals surface area contributed by atoms with E-state index in [0.29, 0.717) is 51.9 Å². The Morgan fingerprint density at radius 2 is 1.75 bits per heavy atom. The van der Waals surface area contributed by atoms with Crippen molar-refractivity contribution < 1.29 is 19.1 Å². The lowest BCUT2D eigenvalue weighted by Crippen LogP contribution is -2.48. The highest BCUT2D eigenvalue weighted by molar-refractivity contribution is 5.84. The first-order chi connectivity index (χ1) is 21.0. The first-order valence-corrected chi connectivity index (χ1v) is 16.3. The summed E-state index contributed by atoms with van der Waals surface area (Å²) in [6.45, 7) is 16.5. The maximum absolute atomic E-state index is 13.3. The van der Waals surface area contributed by atoms with Gasteiger partial charge in [-0.2, -0.15) is 0 Å². The molecular formula is C33H55N7O4. The van der Waals surface area contributed by atoms with Crippen molar-refractivity contribution in [2.45, 2.75) is 91.5 Å². The van der Waals surface area contributed by atoms with E-state index >= 15 is 0 Å². The van der Waals surface area contributed by atoms with Gasteiger partial charge in [0.25, 0.3) is 0 Å². The zero-order valence-corrected chi connectivity index (χ0v) is 28.0. The second-order valence-electron chi connectivity index (χ2n) is 13.6. The molecule has 44 heavy (non-hydrogen) atoms. The highest BCUT2D eigenvalue weighted by atomic mass is 16.5. The summed E-state index contributed by atoms with van der Waals surface area (Å²) in [6.07, 6.45) is 4.60. The van der Waals surface area contributed by atoms with E-state index in [9.17, 15) is 9.59 Å². The van der Waals surface area contributed by atoms with Gasteiger partial charge in [-0.15, -0.1) is 0 Å². The number of rotatable bonds is 14. The summed E-state index contributed by atoms with van der Waals surface area (Å²) in [4.78, 5) is 31.8. The van der Waals surface area contributed by atoms with Gasteiger partial charge in [-0.3, -0.25) is 9.59 Å². The Morgan fingerprint density at radius 3 is 2.43 bits per heavy atom. The van der Waals surface area contributed by atoms with Crippen LogP contribution in [0.1, 0.15) is 77.6 Å². The molecule has 0 aromatic carbocycles. The first kappa shape index (κ1) is 34.3. The summed E-state index contributed by atoms with van der Waals surface area (Å²) < 4.78 is 13.4. The molecule has 1 atom stereocenters. The van der Waals surface area contributed by atoms with E-state index in [-0.39, 0.29) is 29.3 Å². The van der Waals surface area contributed by atoms with Gasteiger partial charge in [0.2, 0.25) is 11.8 Å². The highest BCUT2D eigenvalue weighted by Gasteiger charge is 2.40. The van der Waals surface area contributed by atoms with Crippen LogP contribution in [0.15, 0.2) is 18.3 Å². The van der Waals surface area contributed by atoms with Crippen molar-refractivity contribution in [3.05, 3.63) is 29.6 Å². The van der Waals surface area contributed by atoms with Crippen LogP contribution in [0.2, 0.25) is 0 Å². The molecule has 2 aromatic rings. The number of ether oxygens (including phenoxy) is 2. The molecule has 2 aromatic heterocycles. The number of pyridine rings is 1. The lowest BCUT2D eigenvalue weighted by molar-refractivity contribution is -0.132. The smallest absolute Gasteiger partial charge is 0.224 e. The second-order valence-corrected chi connectivity index (χ2v) is 13.6. The lowest BCUT2D eigenvalue weighted by atomic mass is 9.80.